The first kappa shape index (κ1) is 13.9. The van der Waals surface area contributed by atoms with Crippen LogP contribution in [-0.2, 0) is 4.79 Å². The molecule has 0 radical (unpaired) electrons. The highest BCUT2D eigenvalue weighted by molar-refractivity contribution is 7.99. The van der Waals surface area contributed by atoms with Crippen LogP contribution in [0.1, 0.15) is 31.2 Å². The fourth-order valence-corrected chi connectivity index (χ4v) is 4.01. The molecule has 0 spiro atoms. The fourth-order valence-electron chi connectivity index (χ4n) is 2.01. The van der Waals surface area contributed by atoms with Crippen molar-refractivity contribution >= 4 is 29.0 Å². The van der Waals surface area contributed by atoms with Gasteiger partial charge >= 0.3 is 0 Å². The highest BCUT2D eigenvalue weighted by Crippen LogP contribution is 2.26. The van der Waals surface area contributed by atoms with Gasteiger partial charge in [0.15, 0.2) is 0 Å². The third-order valence-electron chi connectivity index (χ3n) is 3.45. The number of thioether (sulfide) groups is 1. The summed E-state index contributed by atoms with van der Waals surface area (Å²) >= 11 is 3.46. The van der Waals surface area contributed by atoms with Gasteiger partial charge in [-0.3, -0.25) is 4.79 Å². The molecule has 2 rings (SSSR count). The second-order valence-corrected chi connectivity index (χ2v) is 6.84. The molecule has 2 heterocycles. The van der Waals surface area contributed by atoms with E-state index in [0.29, 0.717) is 6.54 Å². The normalized spacial score (nSPS) is 20.3. The molecule has 0 aliphatic carbocycles. The zero-order valence-corrected chi connectivity index (χ0v) is 12.1. The van der Waals surface area contributed by atoms with Gasteiger partial charge in [-0.1, -0.05) is 0 Å². The third kappa shape index (κ3) is 3.49. The number of rotatable bonds is 4. The first-order valence-electron chi connectivity index (χ1n) is 6.21. The molecule has 3 nitrogen and oxygen atoms in total. The molecule has 1 unspecified atom stereocenters. The third-order valence-corrected chi connectivity index (χ3v) is 5.14. The van der Waals surface area contributed by atoms with Crippen LogP contribution in [-0.4, -0.2) is 34.7 Å². The van der Waals surface area contributed by atoms with E-state index in [-0.39, 0.29) is 11.8 Å². The van der Waals surface area contributed by atoms with Gasteiger partial charge in [-0.2, -0.15) is 23.1 Å². The van der Waals surface area contributed by atoms with Gasteiger partial charge in [0.1, 0.15) is 0 Å². The van der Waals surface area contributed by atoms with E-state index in [0.717, 1.165) is 29.9 Å². The molecule has 1 fully saturated rings. The monoisotopic (exact) mass is 285 g/mol. The Kier molecular flexibility index (Phi) is 4.70. The van der Waals surface area contributed by atoms with Gasteiger partial charge in [0.2, 0.25) is 5.91 Å². The van der Waals surface area contributed by atoms with Crippen molar-refractivity contribution in [2.75, 3.05) is 18.1 Å². The molecule has 0 aromatic carbocycles. The number of nitrogens with one attached hydrogen (secondary N) is 1. The van der Waals surface area contributed by atoms with Crippen LogP contribution in [0, 0.1) is 0 Å². The SMILES string of the molecule is CC(C(=O)NCC1(O)CCSCC1)c1ccsc1. The maximum Gasteiger partial charge on any atom is 0.227 e. The molecule has 1 aromatic heterocycles. The molecular formula is C13H19NO2S2. The second-order valence-electron chi connectivity index (χ2n) is 4.83. The minimum atomic E-state index is -0.699. The van der Waals surface area contributed by atoms with Crippen molar-refractivity contribution < 1.29 is 9.90 Å². The summed E-state index contributed by atoms with van der Waals surface area (Å²) in [4.78, 5) is 12.0. The van der Waals surface area contributed by atoms with Crippen molar-refractivity contribution in [2.45, 2.75) is 31.3 Å². The van der Waals surface area contributed by atoms with Crippen molar-refractivity contribution in [2.24, 2.45) is 0 Å². The summed E-state index contributed by atoms with van der Waals surface area (Å²) in [6.07, 6.45) is 1.54. The minimum Gasteiger partial charge on any atom is -0.388 e. The smallest absolute Gasteiger partial charge is 0.227 e. The Balaban J connectivity index is 1.84. The minimum absolute atomic E-state index is 0.0000477. The lowest BCUT2D eigenvalue weighted by Gasteiger charge is -2.32. The standard InChI is InChI=1S/C13H19NO2S2/c1-10(11-2-5-18-8-11)12(15)14-9-13(16)3-6-17-7-4-13/h2,5,8,10,16H,3-4,6-7,9H2,1H3,(H,14,15). The molecule has 1 aliphatic rings. The van der Waals surface area contributed by atoms with E-state index in [1.165, 1.54) is 0 Å². The van der Waals surface area contributed by atoms with Crippen molar-refractivity contribution in [1.82, 2.24) is 5.32 Å². The van der Waals surface area contributed by atoms with Crippen molar-refractivity contribution in [3.8, 4) is 0 Å². The van der Waals surface area contributed by atoms with Gasteiger partial charge < -0.3 is 10.4 Å². The zero-order chi connectivity index (χ0) is 13.0. The van der Waals surface area contributed by atoms with Crippen molar-refractivity contribution in [3.05, 3.63) is 22.4 Å². The summed E-state index contributed by atoms with van der Waals surface area (Å²) in [6.45, 7) is 2.28. The summed E-state index contributed by atoms with van der Waals surface area (Å²) < 4.78 is 0. The molecule has 5 heteroatoms. The van der Waals surface area contributed by atoms with E-state index in [1.54, 1.807) is 11.3 Å². The quantitative estimate of drug-likeness (QED) is 0.892. The van der Waals surface area contributed by atoms with E-state index < -0.39 is 5.60 Å². The predicted molar refractivity (Wildman–Crippen MR) is 77.3 cm³/mol. The number of thiophene rings is 1. The molecule has 1 aromatic rings. The van der Waals surface area contributed by atoms with Crippen LogP contribution in [0.5, 0.6) is 0 Å². The largest absolute Gasteiger partial charge is 0.388 e. The molecule has 18 heavy (non-hydrogen) atoms. The Hall–Kier alpha value is -0.520. The Morgan fingerprint density at radius 3 is 2.89 bits per heavy atom. The second kappa shape index (κ2) is 6.08. The summed E-state index contributed by atoms with van der Waals surface area (Å²) in [5, 5.41) is 17.2. The highest BCUT2D eigenvalue weighted by Gasteiger charge is 2.30. The van der Waals surface area contributed by atoms with Crippen LogP contribution in [0.25, 0.3) is 0 Å². The van der Waals surface area contributed by atoms with Gasteiger partial charge in [-0.15, -0.1) is 0 Å². The van der Waals surface area contributed by atoms with Crippen LogP contribution < -0.4 is 5.32 Å². The van der Waals surface area contributed by atoms with Crippen LogP contribution in [0.3, 0.4) is 0 Å². The van der Waals surface area contributed by atoms with Gasteiger partial charge in [-0.05, 0) is 53.7 Å². The molecule has 0 bridgehead atoms. The van der Waals surface area contributed by atoms with E-state index in [9.17, 15) is 9.90 Å². The summed E-state index contributed by atoms with van der Waals surface area (Å²) in [7, 11) is 0. The average Bonchev–Trinajstić information content (AvgIpc) is 2.90. The van der Waals surface area contributed by atoms with Gasteiger partial charge in [0, 0.05) is 6.54 Å². The number of hydrogen-bond acceptors (Lipinski definition) is 4. The molecule has 1 atom stereocenters. The van der Waals surface area contributed by atoms with E-state index in [1.807, 2.05) is 35.5 Å². The van der Waals surface area contributed by atoms with E-state index >= 15 is 0 Å². The molecule has 0 saturated carbocycles. The lowest BCUT2D eigenvalue weighted by Crippen LogP contribution is -2.46. The molecule has 1 saturated heterocycles. The number of carbonyl (C=O) groups excluding carboxylic acids is 1. The maximum atomic E-state index is 12.0. The first-order chi connectivity index (χ1) is 8.61. The van der Waals surface area contributed by atoms with Gasteiger partial charge in [-0.25, -0.2) is 0 Å². The lowest BCUT2D eigenvalue weighted by molar-refractivity contribution is -0.123. The van der Waals surface area contributed by atoms with Gasteiger partial charge in [0.05, 0.1) is 11.5 Å². The van der Waals surface area contributed by atoms with Gasteiger partial charge in [0.25, 0.3) is 0 Å². The molecule has 100 valence electrons. The average molecular weight is 285 g/mol. The van der Waals surface area contributed by atoms with Crippen LogP contribution >= 0.6 is 23.1 Å². The summed E-state index contributed by atoms with van der Waals surface area (Å²) in [6, 6.07) is 1.97. The molecule has 1 aliphatic heterocycles. The Labute approximate surface area is 116 Å². The van der Waals surface area contributed by atoms with Crippen LogP contribution in [0.4, 0.5) is 0 Å². The predicted octanol–water partition coefficient (Wildman–Crippen LogP) is 2.23. The maximum absolute atomic E-state index is 12.0. The molecular weight excluding hydrogens is 266 g/mol. The Morgan fingerprint density at radius 1 is 1.56 bits per heavy atom. The summed E-state index contributed by atoms with van der Waals surface area (Å²) in [5.74, 6) is 1.82. The zero-order valence-electron chi connectivity index (χ0n) is 10.5. The molecule has 2 N–H and O–H groups in total. The van der Waals surface area contributed by atoms with Crippen LogP contribution in [0.2, 0.25) is 0 Å². The molecule has 1 amide bonds. The number of carbonyl (C=O) groups is 1. The number of amides is 1. The lowest BCUT2D eigenvalue weighted by atomic mass is 9.96. The fraction of sp³-hybridized carbons (Fsp3) is 0.615. The number of aliphatic hydroxyl groups is 1. The number of hydrogen-bond donors (Lipinski definition) is 2. The van der Waals surface area contributed by atoms with E-state index in [2.05, 4.69) is 5.32 Å². The van der Waals surface area contributed by atoms with E-state index in [4.69, 9.17) is 0 Å². The van der Waals surface area contributed by atoms with Crippen LogP contribution in [0.15, 0.2) is 16.8 Å². The van der Waals surface area contributed by atoms with Crippen molar-refractivity contribution in [3.63, 3.8) is 0 Å². The topological polar surface area (TPSA) is 49.3 Å². The Bertz CT molecular complexity index is 386. The first-order valence-corrected chi connectivity index (χ1v) is 8.30. The van der Waals surface area contributed by atoms with Crippen molar-refractivity contribution in [1.29, 1.82) is 0 Å². The Morgan fingerprint density at radius 2 is 2.28 bits per heavy atom. The summed E-state index contributed by atoms with van der Waals surface area (Å²) in [5.41, 5.74) is 0.346. The highest BCUT2D eigenvalue weighted by atomic mass is 32.2.